The standard InChI is InChI=1S/C19H28N6O2/c1-4-10-20-18(26)14-8-9-16(21-12-14)24-11-6-7-15(13-24)17-22-23(3)19(27)25(17)5-2/h8-9,12,15H,4-7,10-11,13H2,1-3H3,(H,20,26)/t15-/m1/s1. The molecule has 1 aliphatic rings. The summed E-state index contributed by atoms with van der Waals surface area (Å²) in [5.74, 6) is 1.81. The van der Waals surface area contributed by atoms with Gasteiger partial charge in [-0.15, -0.1) is 0 Å². The molecule has 2 aromatic rings. The molecule has 146 valence electrons. The molecule has 1 fully saturated rings. The van der Waals surface area contributed by atoms with Crippen LogP contribution in [0.5, 0.6) is 0 Å². The minimum absolute atomic E-state index is 0.0646. The van der Waals surface area contributed by atoms with Gasteiger partial charge in [0.15, 0.2) is 0 Å². The Hall–Kier alpha value is -2.64. The average Bonchev–Trinajstić information content (AvgIpc) is 3.00. The quantitative estimate of drug-likeness (QED) is 0.831. The average molecular weight is 372 g/mol. The van der Waals surface area contributed by atoms with Gasteiger partial charge in [-0.3, -0.25) is 9.36 Å². The van der Waals surface area contributed by atoms with Gasteiger partial charge in [0.25, 0.3) is 5.91 Å². The van der Waals surface area contributed by atoms with Crippen LogP contribution in [0.4, 0.5) is 5.82 Å². The van der Waals surface area contributed by atoms with Crippen molar-refractivity contribution in [1.29, 1.82) is 0 Å². The van der Waals surface area contributed by atoms with Crippen molar-refractivity contribution in [3.05, 3.63) is 40.2 Å². The molecule has 1 amide bonds. The number of aryl methyl sites for hydroxylation is 1. The van der Waals surface area contributed by atoms with E-state index in [0.717, 1.165) is 44.0 Å². The van der Waals surface area contributed by atoms with Crippen LogP contribution < -0.4 is 15.9 Å². The van der Waals surface area contributed by atoms with E-state index in [1.54, 1.807) is 17.8 Å². The summed E-state index contributed by atoms with van der Waals surface area (Å²) in [6.07, 6.45) is 4.56. The summed E-state index contributed by atoms with van der Waals surface area (Å²) in [5.41, 5.74) is 0.510. The Balaban J connectivity index is 1.74. The molecule has 0 saturated carbocycles. The number of rotatable bonds is 6. The van der Waals surface area contributed by atoms with Gasteiger partial charge in [0.2, 0.25) is 0 Å². The van der Waals surface area contributed by atoms with Crippen molar-refractivity contribution < 1.29 is 4.79 Å². The summed E-state index contributed by atoms with van der Waals surface area (Å²) in [4.78, 5) is 30.9. The Morgan fingerprint density at radius 1 is 1.33 bits per heavy atom. The van der Waals surface area contributed by atoms with E-state index in [1.165, 1.54) is 4.68 Å². The first kappa shape index (κ1) is 19.1. The highest BCUT2D eigenvalue weighted by molar-refractivity contribution is 5.94. The molecule has 8 heteroatoms. The minimum Gasteiger partial charge on any atom is -0.356 e. The van der Waals surface area contributed by atoms with Gasteiger partial charge in [-0.2, -0.15) is 5.10 Å². The highest BCUT2D eigenvalue weighted by Crippen LogP contribution is 2.27. The SMILES string of the molecule is CCCNC(=O)c1ccc(N2CCC[C@@H](c3nn(C)c(=O)n3CC)C2)nc1. The molecular formula is C19H28N6O2. The summed E-state index contributed by atoms with van der Waals surface area (Å²) in [7, 11) is 1.70. The number of piperidine rings is 1. The third kappa shape index (κ3) is 4.04. The van der Waals surface area contributed by atoms with Crippen LogP contribution in [0.15, 0.2) is 23.1 Å². The second-order valence-corrected chi connectivity index (χ2v) is 6.95. The molecule has 0 radical (unpaired) electrons. The van der Waals surface area contributed by atoms with Crippen molar-refractivity contribution in [2.45, 2.75) is 45.6 Å². The highest BCUT2D eigenvalue weighted by atomic mass is 16.2. The van der Waals surface area contributed by atoms with E-state index in [4.69, 9.17) is 0 Å². The number of hydrogen-bond donors (Lipinski definition) is 1. The van der Waals surface area contributed by atoms with Crippen LogP contribution in [-0.2, 0) is 13.6 Å². The second kappa shape index (κ2) is 8.37. The molecule has 1 N–H and O–H groups in total. The number of aromatic nitrogens is 4. The zero-order valence-corrected chi connectivity index (χ0v) is 16.3. The third-order valence-corrected chi connectivity index (χ3v) is 5.01. The Kier molecular flexibility index (Phi) is 5.93. The molecule has 0 spiro atoms. The van der Waals surface area contributed by atoms with Gasteiger partial charge in [0, 0.05) is 45.3 Å². The second-order valence-electron chi connectivity index (χ2n) is 6.95. The fourth-order valence-corrected chi connectivity index (χ4v) is 3.57. The van der Waals surface area contributed by atoms with Crippen LogP contribution in [0.2, 0.25) is 0 Å². The normalized spacial score (nSPS) is 17.1. The van der Waals surface area contributed by atoms with E-state index in [9.17, 15) is 9.59 Å². The van der Waals surface area contributed by atoms with Gasteiger partial charge >= 0.3 is 5.69 Å². The monoisotopic (exact) mass is 372 g/mol. The Labute approximate surface area is 159 Å². The summed E-state index contributed by atoms with van der Waals surface area (Å²) < 4.78 is 3.17. The zero-order valence-electron chi connectivity index (χ0n) is 16.3. The number of nitrogens with one attached hydrogen (secondary N) is 1. The Morgan fingerprint density at radius 2 is 2.15 bits per heavy atom. The maximum absolute atomic E-state index is 12.2. The van der Waals surface area contributed by atoms with Gasteiger partial charge in [0.1, 0.15) is 11.6 Å². The van der Waals surface area contributed by atoms with Crippen LogP contribution in [0, 0.1) is 0 Å². The smallest absolute Gasteiger partial charge is 0.345 e. The lowest BCUT2D eigenvalue weighted by atomic mass is 9.97. The topological polar surface area (TPSA) is 85.0 Å². The first-order chi connectivity index (χ1) is 13.0. The number of anilines is 1. The van der Waals surface area contributed by atoms with E-state index in [-0.39, 0.29) is 17.5 Å². The van der Waals surface area contributed by atoms with Crippen molar-refractivity contribution in [1.82, 2.24) is 24.6 Å². The molecule has 2 aromatic heterocycles. The molecule has 0 bridgehead atoms. The van der Waals surface area contributed by atoms with Crippen molar-refractivity contribution in [3.8, 4) is 0 Å². The maximum Gasteiger partial charge on any atom is 0.345 e. The van der Waals surface area contributed by atoms with Gasteiger partial charge in [-0.05, 0) is 38.3 Å². The molecule has 1 saturated heterocycles. The maximum atomic E-state index is 12.2. The predicted molar refractivity (Wildman–Crippen MR) is 104 cm³/mol. The fraction of sp³-hybridized carbons (Fsp3) is 0.579. The van der Waals surface area contributed by atoms with Crippen LogP contribution in [0.3, 0.4) is 0 Å². The number of nitrogens with zero attached hydrogens (tertiary/aromatic N) is 5. The molecule has 3 rings (SSSR count). The van der Waals surface area contributed by atoms with E-state index in [2.05, 4.69) is 20.3 Å². The van der Waals surface area contributed by atoms with Gasteiger partial charge < -0.3 is 10.2 Å². The van der Waals surface area contributed by atoms with Crippen molar-refractivity contribution in [3.63, 3.8) is 0 Å². The first-order valence-electron chi connectivity index (χ1n) is 9.68. The molecule has 8 nitrogen and oxygen atoms in total. The molecule has 0 aliphatic carbocycles. The van der Waals surface area contributed by atoms with E-state index in [0.29, 0.717) is 18.7 Å². The summed E-state index contributed by atoms with van der Waals surface area (Å²) in [6, 6.07) is 3.72. The van der Waals surface area contributed by atoms with Crippen LogP contribution >= 0.6 is 0 Å². The van der Waals surface area contributed by atoms with Gasteiger partial charge in [-0.25, -0.2) is 14.5 Å². The summed E-state index contributed by atoms with van der Waals surface area (Å²) in [5, 5.41) is 7.33. The number of carbonyl (C=O) groups excluding carboxylic acids is 1. The molecule has 3 heterocycles. The van der Waals surface area contributed by atoms with Crippen molar-refractivity contribution in [2.24, 2.45) is 7.05 Å². The van der Waals surface area contributed by atoms with Crippen LogP contribution in [-0.4, -0.2) is 44.9 Å². The fourth-order valence-electron chi connectivity index (χ4n) is 3.57. The number of pyridine rings is 1. The molecule has 27 heavy (non-hydrogen) atoms. The molecule has 1 atom stereocenters. The molecular weight excluding hydrogens is 344 g/mol. The van der Waals surface area contributed by atoms with Crippen molar-refractivity contribution >= 4 is 11.7 Å². The Bertz CT molecular complexity index is 839. The van der Waals surface area contributed by atoms with Crippen molar-refractivity contribution in [2.75, 3.05) is 24.5 Å². The summed E-state index contributed by atoms with van der Waals surface area (Å²) >= 11 is 0. The third-order valence-electron chi connectivity index (χ3n) is 5.01. The minimum atomic E-state index is -0.0899. The summed E-state index contributed by atoms with van der Waals surface area (Å²) in [6.45, 7) is 6.96. The molecule has 1 aliphatic heterocycles. The lowest BCUT2D eigenvalue weighted by Crippen LogP contribution is -2.36. The Morgan fingerprint density at radius 3 is 2.81 bits per heavy atom. The van der Waals surface area contributed by atoms with Gasteiger partial charge in [0.05, 0.1) is 5.56 Å². The number of amides is 1. The lowest BCUT2D eigenvalue weighted by molar-refractivity contribution is 0.0953. The molecule has 0 aromatic carbocycles. The predicted octanol–water partition coefficient (Wildman–Crippen LogP) is 1.52. The van der Waals surface area contributed by atoms with Crippen LogP contribution in [0.1, 0.15) is 55.2 Å². The number of carbonyl (C=O) groups is 1. The largest absolute Gasteiger partial charge is 0.356 e. The van der Waals surface area contributed by atoms with E-state index >= 15 is 0 Å². The molecule has 0 unspecified atom stereocenters. The van der Waals surface area contributed by atoms with Crippen LogP contribution in [0.25, 0.3) is 0 Å². The lowest BCUT2D eigenvalue weighted by Gasteiger charge is -2.33. The van der Waals surface area contributed by atoms with Gasteiger partial charge in [-0.1, -0.05) is 6.92 Å². The highest BCUT2D eigenvalue weighted by Gasteiger charge is 2.27. The first-order valence-corrected chi connectivity index (χ1v) is 9.68. The zero-order chi connectivity index (χ0) is 19.4. The van der Waals surface area contributed by atoms with E-state index in [1.807, 2.05) is 26.0 Å². The van der Waals surface area contributed by atoms with E-state index < -0.39 is 0 Å². The number of hydrogen-bond acceptors (Lipinski definition) is 5.